The number of rotatable bonds is 3. The average molecular weight is 317 g/mol. The van der Waals surface area contributed by atoms with Gasteiger partial charge in [-0.05, 0) is 28.1 Å². The van der Waals surface area contributed by atoms with Crippen LogP contribution < -0.4 is 0 Å². The van der Waals surface area contributed by atoms with Crippen LogP contribution in [-0.4, -0.2) is 12.0 Å². The summed E-state index contributed by atoms with van der Waals surface area (Å²) in [5, 5.41) is 0. The van der Waals surface area contributed by atoms with Crippen molar-refractivity contribution in [2.75, 3.05) is 0 Å². The van der Waals surface area contributed by atoms with Gasteiger partial charge in [0.2, 0.25) is 0 Å². The quantitative estimate of drug-likeness (QED) is 0.463. The molecule has 7 heteroatoms. The minimum absolute atomic E-state index is 0.192. The van der Waals surface area contributed by atoms with Gasteiger partial charge >= 0.3 is 6.18 Å². The molecule has 0 atom stereocenters. The molecule has 0 bridgehead atoms. The van der Waals surface area contributed by atoms with Gasteiger partial charge in [0.25, 0.3) is 0 Å². The minimum atomic E-state index is -4.50. The topological polar surface area (TPSA) is 17.1 Å². The largest absolute Gasteiger partial charge is 0.389 e. The van der Waals surface area contributed by atoms with E-state index in [1.54, 1.807) is 0 Å². The number of benzene rings is 1. The average Bonchev–Trinajstić information content (AvgIpc) is 2.19. The Kier molecular flexibility index (Phi) is 4.24. The summed E-state index contributed by atoms with van der Waals surface area (Å²) in [6.45, 7) is 0. The fraction of sp³-hybridized carbons (Fsp3) is 0.300. The van der Waals surface area contributed by atoms with E-state index < -0.39 is 42.0 Å². The summed E-state index contributed by atoms with van der Waals surface area (Å²) >= 11 is 2.69. The molecule has 0 aliphatic carbocycles. The zero-order valence-electron chi connectivity index (χ0n) is 8.24. The van der Waals surface area contributed by atoms with Crippen molar-refractivity contribution in [2.24, 2.45) is 0 Å². The Bertz CT molecular complexity index is 441. The molecule has 17 heavy (non-hydrogen) atoms. The lowest BCUT2D eigenvalue weighted by Crippen LogP contribution is -2.12. The molecule has 0 amide bonds. The molecule has 1 aromatic carbocycles. The number of hydrogen-bond donors (Lipinski definition) is 0. The van der Waals surface area contributed by atoms with Crippen LogP contribution in [0.5, 0.6) is 0 Å². The van der Waals surface area contributed by atoms with E-state index in [4.69, 9.17) is 0 Å². The molecule has 1 aromatic rings. The standard InChI is InChI=1S/C10H6BrF5O/c11-6-4-7(12)5(3-8(6)13)9(17)1-2-10(14,15)16/h3-4H,1-2H2. The van der Waals surface area contributed by atoms with Crippen LogP contribution in [0, 0.1) is 11.6 Å². The molecule has 0 radical (unpaired) electrons. The van der Waals surface area contributed by atoms with Gasteiger partial charge in [-0.15, -0.1) is 0 Å². The molecule has 0 N–H and O–H groups in total. The van der Waals surface area contributed by atoms with Gasteiger partial charge in [-0.25, -0.2) is 8.78 Å². The van der Waals surface area contributed by atoms with Crippen molar-refractivity contribution in [1.29, 1.82) is 0 Å². The third-order valence-electron chi connectivity index (χ3n) is 1.95. The first kappa shape index (κ1) is 14.1. The molecular weight excluding hydrogens is 311 g/mol. The summed E-state index contributed by atoms with van der Waals surface area (Å²) in [7, 11) is 0. The third kappa shape index (κ3) is 4.07. The zero-order chi connectivity index (χ0) is 13.2. The van der Waals surface area contributed by atoms with Crippen molar-refractivity contribution in [2.45, 2.75) is 19.0 Å². The summed E-state index contributed by atoms with van der Waals surface area (Å²) in [5.41, 5.74) is -0.671. The van der Waals surface area contributed by atoms with Gasteiger partial charge in [0.15, 0.2) is 5.78 Å². The maximum atomic E-state index is 13.2. The number of hydrogen-bond acceptors (Lipinski definition) is 1. The number of alkyl halides is 3. The van der Waals surface area contributed by atoms with Gasteiger partial charge in [0, 0.05) is 6.42 Å². The van der Waals surface area contributed by atoms with Gasteiger partial charge in [0.1, 0.15) is 11.6 Å². The fourth-order valence-corrected chi connectivity index (χ4v) is 1.44. The highest BCUT2D eigenvalue weighted by Crippen LogP contribution is 2.25. The third-order valence-corrected chi connectivity index (χ3v) is 2.55. The van der Waals surface area contributed by atoms with Gasteiger partial charge in [-0.1, -0.05) is 0 Å². The summed E-state index contributed by atoms with van der Waals surface area (Å²) < 4.78 is 61.6. The van der Waals surface area contributed by atoms with Crippen LogP contribution in [0.4, 0.5) is 22.0 Å². The van der Waals surface area contributed by atoms with Gasteiger partial charge < -0.3 is 0 Å². The van der Waals surface area contributed by atoms with Crippen molar-refractivity contribution in [1.82, 2.24) is 0 Å². The van der Waals surface area contributed by atoms with Crippen LogP contribution >= 0.6 is 15.9 Å². The predicted octanol–water partition coefficient (Wildman–Crippen LogP) is 4.25. The Morgan fingerprint density at radius 3 is 2.29 bits per heavy atom. The Morgan fingerprint density at radius 1 is 1.18 bits per heavy atom. The number of carbonyl (C=O) groups excluding carboxylic acids is 1. The Morgan fingerprint density at radius 2 is 1.76 bits per heavy atom. The summed E-state index contributed by atoms with van der Waals surface area (Å²) in [4.78, 5) is 11.3. The van der Waals surface area contributed by atoms with Crippen LogP contribution in [0.15, 0.2) is 16.6 Å². The molecule has 94 valence electrons. The van der Waals surface area contributed by atoms with Gasteiger partial charge in [-0.3, -0.25) is 4.79 Å². The molecule has 0 spiro atoms. The van der Waals surface area contributed by atoms with E-state index in [1.807, 2.05) is 0 Å². The summed E-state index contributed by atoms with van der Waals surface area (Å²) in [6, 6.07) is 1.29. The summed E-state index contributed by atoms with van der Waals surface area (Å²) in [5.74, 6) is -3.03. The molecule has 0 saturated carbocycles. The first-order valence-corrected chi connectivity index (χ1v) is 5.24. The fourth-order valence-electron chi connectivity index (χ4n) is 1.13. The van der Waals surface area contributed by atoms with E-state index in [0.717, 1.165) is 0 Å². The first-order valence-electron chi connectivity index (χ1n) is 4.45. The number of carbonyl (C=O) groups is 1. The number of Topliss-reactive ketones (excluding diaryl/α,β-unsaturated/α-hetero) is 1. The molecule has 0 unspecified atom stereocenters. The molecule has 1 rings (SSSR count). The smallest absolute Gasteiger partial charge is 0.294 e. The Labute approximate surface area is 102 Å². The molecule has 0 fully saturated rings. The van der Waals surface area contributed by atoms with Crippen LogP contribution in [0.3, 0.4) is 0 Å². The van der Waals surface area contributed by atoms with Crippen molar-refractivity contribution in [3.63, 3.8) is 0 Å². The maximum Gasteiger partial charge on any atom is 0.389 e. The van der Waals surface area contributed by atoms with E-state index in [9.17, 15) is 26.7 Å². The second kappa shape index (κ2) is 5.12. The normalized spacial score (nSPS) is 11.6. The van der Waals surface area contributed by atoms with Gasteiger partial charge in [-0.2, -0.15) is 13.2 Å². The highest BCUT2D eigenvalue weighted by atomic mass is 79.9. The van der Waals surface area contributed by atoms with Crippen molar-refractivity contribution in [3.05, 3.63) is 33.8 Å². The molecule has 0 aliphatic rings. The zero-order valence-corrected chi connectivity index (χ0v) is 9.83. The van der Waals surface area contributed by atoms with Gasteiger partial charge in [0.05, 0.1) is 16.5 Å². The number of halogens is 6. The molecule has 0 aliphatic heterocycles. The number of ketones is 1. The highest BCUT2D eigenvalue weighted by Gasteiger charge is 2.28. The lowest BCUT2D eigenvalue weighted by atomic mass is 10.1. The highest BCUT2D eigenvalue weighted by molar-refractivity contribution is 9.10. The van der Waals surface area contributed by atoms with Crippen LogP contribution in [-0.2, 0) is 0 Å². The van der Waals surface area contributed by atoms with E-state index in [-0.39, 0.29) is 4.47 Å². The van der Waals surface area contributed by atoms with Crippen LogP contribution in [0.2, 0.25) is 0 Å². The van der Waals surface area contributed by atoms with E-state index in [0.29, 0.717) is 12.1 Å². The molecule has 0 heterocycles. The lowest BCUT2D eigenvalue weighted by molar-refractivity contribution is -0.133. The van der Waals surface area contributed by atoms with Crippen molar-refractivity contribution < 1.29 is 26.7 Å². The lowest BCUT2D eigenvalue weighted by Gasteiger charge is -2.06. The maximum absolute atomic E-state index is 13.2. The summed E-state index contributed by atoms with van der Waals surface area (Å²) in [6.07, 6.45) is -6.76. The second-order valence-corrected chi connectivity index (χ2v) is 4.14. The first-order chi connectivity index (χ1) is 7.70. The van der Waals surface area contributed by atoms with Crippen LogP contribution in [0.25, 0.3) is 0 Å². The second-order valence-electron chi connectivity index (χ2n) is 3.28. The molecule has 0 aromatic heterocycles. The van der Waals surface area contributed by atoms with Crippen LogP contribution in [0.1, 0.15) is 23.2 Å². The van der Waals surface area contributed by atoms with E-state index in [1.165, 1.54) is 0 Å². The monoisotopic (exact) mass is 316 g/mol. The molecule has 1 nitrogen and oxygen atoms in total. The van der Waals surface area contributed by atoms with Crippen molar-refractivity contribution in [3.8, 4) is 0 Å². The Hall–Kier alpha value is -0.980. The molecule has 0 saturated heterocycles. The Balaban J connectivity index is 2.86. The molecular formula is C10H6BrF5O. The predicted molar refractivity (Wildman–Crippen MR) is 53.7 cm³/mol. The minimum Gasteiger partial charge on any atom is -0.294 e. The van der Waals surface area contributed by atoms with E-state index in [2.05, 4.69) is 15.9 Å². The SMILES string of the molecule is O=C(CCC(F)(F)F)c1cc(F)c(Br)cc1F. The van der Waals surface area contributed by atoms with Crippen molar-refractivity contribution >= 4 is 21.7 Å². The van der Waals surface area contributed by atoms with E-state index >= 15 is 0 Å².